The second-order valence-electron chi connectivity index (χ2n) is 4.40. The van der Waals surface area contributed by atoms with E-state index in [4.69, 9.17) is 11.6 Å². The summed E-state index contributed by atoms with van der Waals surface area (Å²) in [5.74, 6) is -0.568. The largest absolute Gasteiger partial charge is 0.316 e. The number of nitrogens with one attached hydrogen (secondary N) is 2. The summed E-state index contributed by atoms with van der Waals surface area (Å²) in [5, 5.41) is 3.10. The van der Waals surface area contributed by atoms with Crippen molar-refractivity contribution in [1.82, 2.24) is 5.32 Å². The summed E-state index contributed by atoms with van der Waals surface area (Å²) in [6.45, 7) is 0.642. The average Bonchev–Trinajstić information content (AvgIpc) is 2.44. The molecule has 0 unspecified atom stereocenters. The predicted molar refractivity (Wildman–Crippen MR) is 81.4 cm³/mol. The van der Waals surface area contributed by atoms with Gasteiger partial charge in [-0.2, -0.15) is 0 Å². The fourth-order valence-electron chi connectivity index (χ4n) is 1.77. The Balaban J connectivity index is 2.27. The molecule has 7 heteroatoms. The zero-order chi connectivity index (χ0) is 15.5. The Labute approximate surface area is 128 Å². The van der Waals surface area contributed by atoms with Gasteiger partial charge in [-0.15, -0.1) is 0 Å². The molecule has 0 bridgehead atoms. The molecule has 2 rings (SSSR count). The monoisotopic (exact) mass is 328 g/mol. The Morgan fingerprint density at radius 1 is 1.14 bits per heavy atom. The van der Waals surface area contributed by atoms with Gasteiger partial charge in [-0.1, -0.05) is 23.7 Å². The van der Waals surface area contributed by atoms with Gasteiger partial charge in [0.15, 0.2) is 0 Å². The van der Waals surface area contributed by atoms with Crippen molar-refractivity contribution in [1.29, 1.82) is 0 Å². The van der Waals surface area contributed by atoms with Crippen molar-refractivity contribution < 1.29 is 12.8 Å². The second-order valence-corrected chi connectivity index (χ2v) is 6.49. The van der Waals surface area contributed by atoms with Crippen molar-refractivity contribution in [3.8, 4) is 0 Å². The lowest BCUT2D eigenvalue weighted by Gasteiger charge is -2.10. The van der Waals surface area contributed by atoms with Crippen LogP contribution in [0.4, 0.5) is 10.1 Å². The van der Waals surface area contributed by atoms with Crippen LogP contribution < -0.4 is 10.0 Å². The van der Waals surface area contributed by atoms with Gasteiger partial charge in [-0.05, 0) is 42.9 Å². The van der Waals surface area contributed by atoms with Gasteiger partial charge in [0.2, 0.25) is 0 Å². The van der Waals surface area contributed by atoms with Crippen LogP contribution in [-0.4, -0.2) is 15.5 Å². The molecule has 0 saturated carbocycles. The highest BCUT2D eigenvalue weighted by molar-refractivity contribution is 7.92. The summed E-state index contributed by atoms with van der Waals surface area (Å²) in [7, 11) is -2.00. The van der Waals surface area contributed by atoms with Crippen molar-refractivity contribution in [3.05, 3.63) is 58.9 Å². The molecule has 0 amide bonds. The maximum atomic E-state index is 13.2. The maximum Gasteiger partial charge on any atom is 0.261 e. The molecule has 0 atom stereocenters. The molecule has 0 aliphatic rings. The minimum absolute atomic E-state index is 0.0102. The second kappa shape index (κ2) is 6.43. The van der Waals surface area contributed by atoms with Gasteiger partial charge >= 0.3 is 0 Å². The molecule has 2 aromatic carbocycles. The zero-order valence-corrected chi connectivity index (χ0v) is 12.8. The molecule has 112 valence electrons. The van der Waals surface area contributed by atoms with E-state index in [1.807, 2.05) is 0 Å². The number of sulfonamides is 1. The number of hydrogen-bond donors (Lipinski definition) is 2. The Kier molecular flexibility index (Phi) is 4.82. The van der Waals surface area contributed by atoms with E-state index in [-0.39, 0.29) is 15.6 Å². The number of halogens is 2. The van der Waals surface area contributed by atoms with Gasteiger partial charge in [-0.25, -0.2) is 12.8 Å². The van der Waals surface area contributed by atoms with Gasteiger partial charge in [0.1, 0.15) is 5.82 Å². The lowest BCUT2D eigenvalue weighted by Crippen LogP contribution is -2.13. The summed E-state index contributed by atoms with van der Waals surface area (Å²) >= 11 is 5.85. The summed E-state index contributed by atoms with van der Waals surface area (Å²) in [5.41, 5.74) is 0.969. The van der Waals surface area contributed by atoms with E-state index in [0.29, 0.717) is 6.54 Å². The molecular weight excluding hydrogens is 315 g/mol. The number of anilines is 1. The Morgan fingerprint density at radius 2 is 1.81 bits per heavy atom. The van der Waals surface area contributed by atoms with E-state index in [1.165, 1.54) is 18.2 Å². The van der Waals surface area contributed by atoms with E-state index in [0.717, 1.165) is 17.7 Å². The summed E-state index contributed by atoms with van der Waals surface area (Å²) in [6, 6.07) is 9.88. The van der Waals surface area contributed by atoms with Crippen molar-refractivity contribution in [3.63, 3.8) is 0 Å². The number of rotatable bonds is 5. The fourth-order valence-corrected chi connectivity index (χ4v) is 3.06. The zero-order valence-electron chi connectivity index (χ0n) is 11.2. The molecular formula is C14H14ClFN2O2S. The number of hydrogen-bond acceptors (Lipinski definition) is 3. The molecule has 0 aliphatic heterocycles. The smallest absolute Gasteiger partial charge is 0.261 e. The topological polar surface area (TPSA) is 58.2 Å². The normalized spacial score (nSPS) is 11.4. The van der Waals surface area contributed by atoms with Crippen LogP contribution in [0.15, 0.2) is 47.4 Å². The van der Waals surface area contributed by atoms with Crippen LogP contribution in [-0.2, 0) is 16.6 Å². The molecule has 4 nitrogen and oxygen atoms in total. The van der Waals surface area contributed by atoms with Crippen LogP contribution in [0.25, 0.3) is 0 Å². The highest BCUT2D eigenvalue weighted by Gasteiger charge is 2.16. The quantitative estimate of drug-likeness (QED) is 0.887. The minimum atomic E-state index is -3.81. The van der Waals surface area contributed by atoms with Crippen LogP contribution in [0.2, 0.25) is 5.02 Å². The third-order valence-electron chi connectivity index (χ3n) is 2.79. The SMILES string of the molecule is CNCc1ccc(S(=O)(=O)Nc2cc(F)ccc2Cl)cc1. The molecule has 0 fully saturated rings. The van der Waals surface area contributed by atoms with E-state index in [9.17, 15) is 12.8 Å². The van der Waals surface area contributed by atoms with Crippen molar-refractivity contribution in [2.24, 2.45) is 0 Å². The van der Waals surface area contributed by atoms with Gasteiger partial charge in [0.05, 0.1) is 15.6 Å². The van der Waals surface area contributed by atoms with Gasteiger partial charge < -0.3 is 5.32 Å². The van der Waals surface area contributed by atoms with Crippen LogP contribution in [0.3, 0.4) is 0 Å². The predicted octanol–water partition coefficient (Wildman–Crippen LogP) is 3.00. The third kappa shape index (κ3) is 3.93. The highest BCUT2D eigenvalue weighted by atomic mass is 35.5. The molecule has 0 aliphatic carbocycles. The van der Waals surface area contributed by atoms with E-state index < -0.39 is 15.8 Å². The molecule has 2 aromatic rings. The van der Waals surface area contributed by atoms with E-state index >= 15 is 0 Å². The van der Waals surface area contributed by atoms with Crippen LogP contribution in [0, 0.1) is 5.82 Å². The van der Waals surface area contributed by atoms with Crippen molar-refractivity contribution >= 4 is 27.3 Å². The van der Waals surface area contributed by atoms with E-state index in [2.05, 4.69) is 10.0 Å². The Hall–Kier alpha value is -1.63. The average molecular weight is 329 g/mol. The lowest BCUT2D eigenvalue weighted by atomic mass is 10.2. The first-order chi connectivity index (χ1) is 9.92. The molecule has 21 heavy (non-hydrogen) atoms. The maximum absolute atomic E-state index is 13.2. The first kappa shape index (κ1) is 15.8. The Morgan fingerprint density at radius 3 is 2.43 bits per heavy atom. The van der Waals surface area contributed by atoms with Crippen LogP contribution in [0.1, 0.15) is 5.56 Å². The molecule has 0 heterocycles. The van der Waals surface area contributed by atoms with Gasteiger partial charge in [-0.3, -0.25) is 4.72 Å². The van der Waals surface area contributed by atoms with E-state index in [1.54, 1.807) is 19.2 Å². The lowest BCUT2D eigenvalue weighted by molar-refractivity contribution is 0.601. The Bertz CT molecular complexity index is 733. The van der Waals surface area contributed by atoms with Crippen LogP contribution in [0.5, 0.6) is 0 Å². The molecule has 2 N–H and O–H groups in total. The first-order valence-electron chi connectivity index (χ1n) is 6.14. The minimum Gasteiger partial charge on any atom is -0.316 e. The summed E-state index contributed by atoms with van der Waals surface area (Å²) in [6.07, 6.45) is 0. The van der Waals surface area contributed by atoms with Gasteiger partial charge in [0.25, 0.3) is 10.0 Å². The van der Waals surface area contributed by atoms with Crippen molar-refractivity contribution in [2.75, 3.05) is 11.8 Å². The highest BCUT2D eigenvalue weighted by Crippen LogP contribution is 2.25. The van der Waals surface area contributed by atoms with Gasteiger partial charge in [0, 0.05) is 6.54 Å². The van der Waals surface area contributed by atoms with Crippen LogP contribution >= 0.6 is 11.6 Å². The standard InChI is InChI=1S/C14H14ClFN2O2S/c1-17-9-10-2-5-12(6-3-10)21(19,20)18-14-8-11(16)4-7-13(14)15/h2-8,17-18H,9H2,1H3. The summed E-state index contributed by atoms with van der Waals surface area (Å²) < 4.78 is 39.9. The third-order valence-corrected chi connectivity index (χ3v) is 4.50. The van der Waals surface area contributed by atoms with Crippen molar-refractivity contribution in [2.45, 2.75) is 11.4 Å². The molecule has 0 saturated heterocycles. The summed E-state index contributed by atoms with van der Waals surface area (Å²) in [4.78, 5) is 0.0858. The molecule has 0 spiro atoms. The molecule has 0 radical (unpaired) electrons. The first-order valence-corrected chi connectivity index (χ1v) is 8.00. The fraction of sp³-hybridized carbons (Fsp3) is 0.143. The molecule has 0 aromatic heterocycles. The number of benzene rings is 2.